The van der Waals surface area contributed by atoms with Gasteiger partial charge in [-0.3, -0.25) is 0 Å². The van der Waals surface area contributed by atoms with Crippen LogP contribution in [0.25, 0.3) is 0 Å². The third-order valence-electron chi connectivity index (χ3n) is 8.56. The zero-order valence-electron chi connectivity index (χ0n) is 25.6. The van der Waals surface area contributed by atoms with Gasteiger partial charge in [0.15, 0.2) is 0 Å². The summed E-state index contributed by atoms with van der Waals surface area (Å²) in [7, 11) is 0. The Morgan fingerprint density at radius 3 is 1.30 bits per heavy atom. The summed E-state index contributed by atoms with van der Waals surface area (Å²) in [5.41, 5.74) is 1.73. The molecule has 0 radical (unpaired) electrons. The number of anilines is 2. The first-order chi connectivity index (χ1) is 22.6. The van der Waals surface area contributed by atoms with Gasteiger partial charge in [-0.05, 0) is 0 Å². The molecule has 0 saturated carbocycles. The molecule has 4 aromatic rings. The molecule has 0 bridgehead atoms. The Bertz CT molecular complexity index is 1880. The van der Waals surface area contributed by atoms with Gasteiger partial charge in [-0.1, -0.05) is 0 Å². The SMILES string of the molecule is Cc1ccc(C(=O)Nc2ccc(F)[c]([Ti]([C]3=CC=CC3)([C]3=CC=CC3)[c]3c(F)ccc(NC(=O)c4ccc(C)cc4)c3F)c2F)cc1. The van der Waals surface area contributed by atoms with E-state index in [9.17, 15) is 9.59 Å². The summed E-state index contributed by atoms with van der Waals surface area (Å²) in [6, 6.07) is 17.5. The second-order valence-corrected chi connectivity index (χ2v) is 17.5. The van der Waals surface area contributed by atoms with Crippen molar-refractivity contribution >= 4 is 30.9 Å². The van der Waals surface area contributed by atoms with Crippen LogP contribution in [0.5, 0.6) is 0 Å². The second kappa shape index (κ2) is 13.1. The van der Waals surface area contributed by atoms with Crippen LogP contribution in [-0.2, 0) is 16.6 Å². The topological polar surface area (TPSA) is 58.2 Å². The van der Waals surface area contributed by atoms with E-state index in [1.165, 1.54) is 0 Å². The number of hydrogen-bond donors (Lipinski definition) is 2. The average Bonchev–Trinajstić information content (AvgIpc) is 3.80. The summed E-state index contributed by atoms with van der Waals surface area (Å²) in [4.78, 5) is 26.3. The van der Waals surface area contributed by atoms with E-state index in [4.69, 9.17) is 0 Å². The minimum absolute atomic E-state index is 0.217. The fourth-order valence-electron chi connectivity index (χ4n) is 6.21. The van der Waals surface area contributed by atoms with Gasteiger partial charge in [0.1, 0.15) is 0 Å². The number of halogens is 4. The summed E-state index contributed by atoms with van der Waals surface area (Å²) < 4.78 is 66.7. The van der Waals surface area contributed by atoms with Crippen LogP contribution in [0, 0.1) is 37.1 Å². The zero-order valence-corrected chi connectivity index (χ0v) is 27.2. The number of rotatable bonds is 8. The number of carbonyl (C=O) groups is 2. The molecular weight excluding hydrogens is 640 g/mol. The molecule has 2 aliphatic rings. The van der Waals surface area contributed by atoms with Crippen LogP contribution >= 0.6 is 0 Å². The van der Waals surface area contributed by atoms with Gasteiger partial charge in [-0.15, -0.1) is 0 Å². The van der Waals surface area contributed by atoms with Gasteiger partial charge in [0, 0.05) is 0 Å². The molecule has 0 fully saturated rings. The zero-order chi connectivity index (χ0) is 33.3. The number of nitrogens with one attached hydrogen (secondary N) is 2. The number of aryl methyl sites for hydroxylation is 2. The van der Waals surface area contributed by atoms with Crippen molar-refractivity contribution < 1.29 is 43.7 Å². The molecule has 2 amide bonds. The number of amides is 2. The van der Waals surface area contributed by atoms with Crippen molar-refractivity contribution in [2.75, 3.05) is 10.6 Å². The quantitative estimate of drug-likeness (QED) is 0.147. The van der Waals surface area contributed by atoms with Crippen LogP contribution in [0.2, 0.25) is 0 Å². The van der Waals surface area contributed by atoms with Crippen molar-refractivity contribution in [2.24, 2.45) is 0 Å². The molecule has 0 aromatic heterocycles. The van der Waals surface area contributed by atoms with Crippen LogP contribution in [0.15, 0.2) is 117 Å². The van der Waals surface area contributed by atoms with Crippen molar-refractivity contribution in [2.45, 2.75) is 26.7 Å². The molecule has 0 atom stereocenters. The van der Waals surface area contributed by atoms with E-state index in [-0.39, 0.29) is 35.3 Å². The fraction of sp³-hybridized carbons (Fsp3) is 0.105. The summed E-state index contributed by atoms with van der Waals surface area (Å²) in [6.45, 7) is 3.72. The van der Waals surface area contributed by atoms with E-state index in [1.54, 1.807) is 85.0 Å². The Morgan fingerprint density at radius 1 is 0.574 bits per heavy atom. The summed E-state index contributed by atoms with van der Waals surface area (Å²) in [5, 5.41) is 5.08. The normalized spacial score (nSPS) is 13.8. The van der Waals surface area contributed by atoms with Crippen molar-refractivity contribution in [1.29, 1.82) is 0 Å². The monoisotopic (exact) mass is 670 g/mol. The van der Waals surface area contributed by atoms with Crippen LogP contribution in [0.1, 0.15) is 44.7 Å². The molecule has 6 rings (SSSR count). The molecule has 0 saturated heterocycles. The number of hydrogen-bond acceptors (Lipinski definition) is 2. The molecule has 0 heterocycles. The molecule has 0 unspecified atom stereocenters. The number of carbonyl (C=O) groups excluding carboxylic acids is 2. The summed E-state index contributed by atoms with van der Waals surface area (Å²) in [6.07, 6.45) is 10.7. The molecule has 0 aliphatic heterocycles. The number of allylic oxidation sites excluding steroid dienone is 8. The Morgan fingerprint density at radius 2 is 0.957 bits per heavy atom. The summed E-state index contributed by atoms with van der Waals surface area (Å²) >= 11 is -5.20. The van der Waals surface area contributed by atoms with E-state index in [1.807, 2.05) is 13.8 Å². The van der Waals surface area contributed by atoms with Gasteiger partial charge < -0.3 is 0 Å². The Kier molecular flexibility index (Phi) is 8.99. The van der Waals surface area contributed by atoms with Crippen LogP contribution in [-0.4, -0.2) is 11.8 Å². The molecule has 2 N–H and O–H groups in total. The molecular formula is C38H30F4N2O2Ti. The Hall–Kier alpha value is -4.79. The predicted octanol–water partition coefficient (Wildman–Crippen LogP) is 8.16. The standard InChI is InChI=1S/2C14H10F2NO.2C5H5.Ti/c2*1-9-2-4-10(5-3-9)14(18)17-13-7-6-11(15)8-12(13)16;2*1-2-4-5-3-1;/h2*2-7H,1H3,(H,17,18);2*1-3H,4H2;. The van der Waals surface area contributed by atoms with E-state index < -0.39 is 59.4 Å². The Labute approximate surface area is 273 Å². The van der Waals surface area contributed by atoms with Gasteiger partial charge in [0.25, 0.3) is 0 Å². The van der Waals surface area contributed by atoms with Crippen molar-refractivity contribution in [3.05, 3.63) is 163 Å². The molecule has 0 spiro atoms. The van der Waals surface area contributed by atoms with Crippen LogP contribution < -0.4 is 18.4 Å². The maximum absolute atomic E-state index is 17.0. The van der Waals surface area contributed by atoms with Gasteiger partial charge in [-0.25, -0.2) is 0 Å². The van der Waals surface area contributed by atoms with Crippen LogP contribution in [0.3, 0.4) is 0 Å². The Balaban J connectivity index is 1.56. The molecule has 4 nitrogen and oxygen atoms in total. The first-order valence-electron chi connectivity index (χ1n) is 15.1. The van der Waals surface area contributed by atoms with E-state index in [2.05, 4.69) is 10.6 Å². The van der Waals surface area contributed by atoms with E-state index in [0.29, 0.717) is 7.76 Å². The van der Waals surface area contributed by atoms with E-state index >= 15 is 17.6 Å². The first-order valence-corrected chi connectivity index (χ1v) is 18.2. The third-order valence-corrected chi connectivity index (χ3v) is 16.5. The second-order valence-electron chi connectivity index (χ2n) is 11.6. The molecule has 2 aliphatic carbocycles. The van der Waals surface area contributed by atoms with Crippen molar-refractivity contribution in [3.8, 4) is 0 Å². The molecule has 236 valence electrons. The van der Waals surface area contributed by atoms with Crippen molar-refractivity contribution in [1.82, 2.24) is 0 Å². The van der Waals surface area contributed by atoms with Gasteiger partial charge in [-0.2, -0.15) is 0 Å². The van der Waals surface area contributed by atoms with Gasteiger partial charge in [0.05, 0.1) is 0 Å². The molecule has 4 aromatic carbocycles. The third kappa shape index (κ3) is 5.95. The van der Waals surface area contributed by atoms with Gasteiger partial charge in [0.2, 0.25) is 0 Å². The van der Waals surface area contributed by atoms with E-state index in [0.717, 1.165) is 35.4 Å². The average molecular weight is 671 g/mol. The molecule has 47 heavy (non-hydrogen) atoms. The summed E-state index contributed by atoms with van der Waals surface area (Å²) in [5.74, 6) is -5.41. The molecule has 9 heteroatoms. The van der Waals surface area contributed by atoms with Gasteiger partial charge >= 0.3 is 275 Å². The number of benzene rings is 4. The minimum atomic E-state index is -5.20. The fourth-order valence-corrected chi connectivity index (χ4v) is 14.5. The predicted molar refractivity (Wildman–Crippen MR) is 174 cm³/mol. The maximum atomic E-state index is 17.0. The van der Waals surface area contributed by atoms with Crippen LogP contribution in [0.4, 0.5) is 28.9 Å². The first kappa shape index (κ1) is 32.2. The van der Waals surface area contributed by atoms with Crippen molar-refractivity contribution in [3.63, 3.8) is 0 Å².